The summed E-state index contributed by atoms with van der Waals surface area (Å²) in [6.45, 7) is 8.45. The van der Waals surface area contributed by atoms with Gasteiger partial charge in [-0.15, -0.1) is 0 Å². The van der Waals surface area contributed by atoms with Crippen molar-refractivity contribution >= 4 is 22.7 Å². The van der Waals surface area contributed by atoms with Crippen LogP contribution in [-0.4, -0.2) is 54.0 Å². The Morgan fingerprint density at radius 2 is 2.21 bits per heavy atom. The number of fused-ring (bicyclic) bond motifs is 1. The minimum absolute atomic E-state index is 0.0249. The van der Waals surface area contributed by atoms with Gasteiger partial charge in [0.15, 0.2) is 0 Å². The highest BCUT2D eigenvalue weighted by molar-refractivity contribution is 5.89. The van der Waals surface area contributed by atoms with Crippen molar-refractivity contribution in [1.82, 2.24) is 15.2 Å². The second kappa shape index (κ2) is 9.24. The smallest absolute Gasteiger partial charge is 0.225 e. The molecule has 0 aliphatic carbocycles. The van der Waals surface area contributed by atoms with E-state index in [2.05, 4.69) is 35.4 Å². The zero-order chi connectivity index (χ0) is 20.1. The predicted molar refractivity (Wildman–Crippen MR) is 110 cm³/mol. The van der Waals surface area contributed by atoms with E-state index in [1.54, 1.807) is 0 Å². The fourth-order valence-corrected chi connectivity index (χ4v) is 3.67. The van der Waals surface area contributed by atoms with Crippen molar-refractivity contribution in [1.29, 1.82) is 0 Å². The fraction of sp³-hybridized carbons (Fsp3) is 0.545. The van der Waals surface area contributed by atoms with Gasteiger partial charge in [-0.25, -0.2) is 0 Å². The number of ether oxygens (including phenoxy) is 1. The number of H-pyrrole nitrogens is 1. The Hall–Kier alpha value is -2.34. The van der Waals surface area contributed by atoms with Crippen LogP contribution in [0.3, 0.4) is 0 Å². The van der Waals surface area contributed by atoms with E-state index < -0.39 is 0 Å². The first-order valence-corrected chi connectivity index (χ1v) is 10.2. The summed E-state index contributed by atoms with van der Waals surface area (Å²) in [5.74, 6) is -0.203. The second-order valence-electron chi connectivity index (χ2n) is 7.92. The van der Waals surface area contributed by atoms with E-state index in [1.165, 1.54) is 16.5 Å². The number of carbonyl (C=O) groups excluding carboxylic acids is 2. The van der Waals surface area contributed by atoms with E-state index >= 15 is 0 Å². The second-order valence-corrected chi connectivity index (χ2v) is 7.92. The molecule has 2 N–H and O–H groups in total. The summed E-state index contributed by atoms with van der Waals surface area (Å²) in [7, 11) is 0. The number of amides is 2. The number of aryl methyl sites for hydroxylation is 1. The Labute approximate surface area is 166 Å². The first kappa shape index (κ1) is 20.4. The topological polar surface area (TPSA) is 74.4 Å². The number of hydrogen-bond donors (Lipinski definition) is 2. The Kier molecular flexibility index (Phi) is 6.73. The number of nitrogens with zero attached hydrogens (tertiary/aromatic N) is 1. The molecule has 1 unspecified atom stereocenters. The molecular formula is C22H31N3O3. The lowest BCUT2D eigenvalue weighted by atomic mass is 10.1. The molecule has 152 valence electrons. The van der Waals surface area contributed by atoms with Gasteiger partial charge in [-0.3, -0.25) is 9.59 Å². The first-order valence-electron chi connectivity index (χ1n) is 10.2. The van der Waals surface area contributed by atoms with Gasteiger partial charge in [0.2, 0.25) is 11.8 Å². The van der Waals surface area contributed by atoms with Crippen LogP contribution in [0.4, 0.5) is 0 Å². The Balaban J connectivity index is 1.46. The van der Waals surface area contributed by atoms with Gasteiger partial charge in [0.05, 0.1) is 12.0 Å². The molecule has 2 heterocycles. The molecule has 1 saturated heterocycles. The van der Waals surface area contributed by atoms with Gasteiger partial charge in [-0.05, 0) is 51.3 Å². The van der Waals surface area contributed by atoms with E-state index in [0.717, 1.165) is 18.4 Å². The molecule has 6 nitrogen and oxygen atoms in total. The maximum Gasteiger partial charge on any atom is 0.225 e. The monoisotopic (exact) mass is 385 g/mol. The third-order valence-electron chi connectivity index (χ3n) is 5.23. The van der Waals surface area contributed by atoms with Gasteiger partial charge in [0, 0.05) is 49.8 Å². The summed E-state index contributed by atoms with van der Waals surface area (Å²) in [4.78, 5) is 29.8. The molecule has 2 aromatic rings. The Morgan fingerprint density at radius 1 is 1.39 bits per heavy atom. The Morgan fingerprint density at radius 3 is 3.00 bits per heavy atom. The Bertz CT molecular complexity index is 828. The normalized spacial score (nSPS) is 17.1. The lowest BCUT2D eigenvalue weighted by Crippen LogP contribution is -2.34. The molecule has 0 saturated carbocycles. The van der Waals surface area contributed by atoms with Crippen molar-refractivity contribution < 1.29 is 14.3 Å². The van der Waals surface area contributed by atoms with Crippen LogP contribution in [0.2, 0.25) is 0 Å². The van der Waals surface area contributed by atoms with Crippen molar-refractivity contribution in [2.45, 2.75) is 46.1 Å². The molecule has 2 amide bonds. The molecule has 0 spiro atoms. The highest BCUT2D eigenvalue weighted by Crippen LogP contribution is 2.22. The molecule has 28 heavy (non-hydrogen) atoms. The third kappa shape index (κ3) is 5.13. The van der Waals surface area contributed by atoms with E-state index in [9.17, 15) is 9.59 Å². The number of aromatic nitrogens is 1. The number of benzene rings is 1. The largest absolute Gasteiger partial charge is 0.379 e. The van der Waals surface area contributed by atoms with Crippen molar-refractivity contribution in [3.63, 3.8) is 0 Å². The summed E-state index contributed by atoms with van der Waals surface area (Å²) in [6.07, 6.45) is 4.11. The molecule has 1 aromatic heterocycles. The maximum atomic E-state index is 12.3. The van der Waals surface area contributed by atoms with Crippen LogP contribution in [0, 0.1) is 12.8 Å². The number of aromatic amines is 1. The standard InChI is InChI=1S/C22H31N3O3/c1-15(2)28-10-4-8-23-22(27)18-12-21(26)25(14-18)9-7-17-13-24-20-6-5-16(3)11-19(17)20/h5-6,11,13,15,18,24H,4,7-10,12,14H2,1-3H3,(H,23,27). The molecule has 0 bridgehead atoms. The van der Waals surface area contributed by atoms with Crippen LogP contribution in [0.5, 0.6) is 0 Å². The zero-order valence-electron chi connectivity index (χ0n) is 17.1. The van der Waals surface area contributed by atoms with Crippen molar-refractivity contribution in [3.05, 3.63) is 35.5 Å². The number of nitrogens with one attached hydrogen (secondary N) is 2. The van der Waals surface area contributed by atoms with Crippen LogP contribution >= 0.6 is 0 Å². The summed E-state index contributed by atoms with van der Waals surface area (Å²) in [6, 6.07) is 6.35. The maximum absolute atomic E-state index is 12.3. The minimum Gasteiger partial charge on any atom is -0.379 e. The van der Waals surface area contributed by atoms with Gasteiger partial charge in [0.25, 0.3) is 0 Å². The van der Waals surface area contributed by atoms with Crippen LogP contribution in [0.25, 0.3) is 10.9 Å². The lowest BCUT2D eigenvalue weighted by molar-refractivity contribution is -0.129. The van der Waals surface area contributed by atoms with Gasteiger partial charge in [0.1, 0.15) is 0 Å². The van der Waals surface area contributed by atoms with Crippen molar-refractivity contribution in [3.8, 4) is 0 Å². The van der Waals surface area contributed by atoms with E-state index in [4.69, 9.17) is 4.74 Å². The van der Waals surface area contributed by atoms with Gasteiger partial charge in [-0.1, -0.05) is 11.6 Å². The van der Waals surface area contributed by atoms with Crippen LogP contribution < -0.4 is 5.32 Å². The third-order valence-corrected chi connectivity index (χ3v) is 5.23. The zero-order valence-corrected chi connectivity index (χ0v) is 17.1. The number of carbonyl (C=O) groups is 2. The lowest BCUT2D eigenvalue weighted by Gasteiger charge is -2.16. The predicted octanol–water partition coefficient (Wildman–Crippen LogP) is 2.80. The van der Waals surface area contributed by atoms with E-state index in [-0.39, 0.29) is 23.8 Å². The summed E-state index contributed by atoms with van der Waals surface area (Å²) < 4.78 is 5.47. The molecular weight excluding hydrogens is 354 g/mol. The molecule has 0 radical (unpaired) electrons. The minimum atomic E-state index is -0.247. The van der Waals surface area contributed by atoms with Gasteiger partial charge < -0.3 is 19.9 Å². The first-order chi connectivity index (χ1) is 13.4. The fourth-order valence-electron chi connectivity index (χ4n) is 3.67. The average molecular weight is 386 g/mol. The molecule has 3 rings (SSSR count). The van der Waals surface area contributed by atoms with Crippen molar-refractivity contribution in [2.75, 3.05) is 26.2 Å². The molecule has 1 fully saturated rings. The van der Waals surface area contributed by atoms with Gasteiger partial charge >= 0.3 is 0 Å². The SMILES string of the molecule is Cc1ccc2[nH]cc(CCN3CC(C(=O)NCCCOC(C)C)CC3=O)c2c1. The number of likely N-dealkylation sites (tertiary alicyclic amines) is 1. The molecule has 1 atom stereocenters. The van der Waals surface area contributed by atoms with E-state index in [1.807, 2.05) is 24.9 Å². The molecule has 1 aliphatic rings. The molecule has 6 heteroatoms. The van der Waals surface area contributed by atoms with Crippen LogP contribution in [0.1, 0.15) is 37.8 Å². The quantitative estimate of drug-likeness (QED) is 0.652. The number of hydrogen-bond acceptors (Lipinski definition) is 3. The average Bonchev–Trinajstić information content (AvgIpc) is 3.22. The van der Waals surface area contributed by atoms with Crippen molar-refractivity contribution in [2.24, 2.45) is 5.92 Å². The highest BCUT2D eigenvalue weighted by Gasteiger charge is 2.33. The van der Waals surface area contributed by atoms with Crippen LogP contribution in [-0.2, 0) is 20.7 Å². The molecule has 1 aromatic carbocycles. The van der Waals surface area contributed by atoms with Gasteiger partial charge in [-0.2, -0.15) is 0 Å². The van der Waals surface area contributed by atoms with Crippen LogP contribution in [0.15, 0.2) is 24.4 Å². The highest BCUT2D eigenvalue weighted by atomic mass is 16.5. The van der Waals surface area contributed by atoms with E-state index in [0.29, 0.717) is 32.7 Å². The summed E-state index contributed by atoms with van der Waals surface area (Å²) in [5.41, 5.74) is 3.55. The summed E-state index contributed by atoms with van der Waals surface area (Å²) >= 11 is 0. The number of rotatable bonds is 9. The molecule has 1 aliphatic heterocycles. The summed E-state index contributed by atoms with van der Waals surface area (Å²) in [5, 5.41) is 4.15.